The molecule has 1 rings (SSSR count). The molecule has 0 saturated heterocycles. The highest BCUT2D eigenvalue weighted by Crippen LogP contribution is 2.35. The number of thiazole rings is 1. The molecule has 0 aliphatic carbocycles. The summed E-state index contributed by atoms with van der Waals surface area (Å²) in [5, 5.41) is 1.10. The number of rotatable bonds is 3. The second-order valence-corrected chi connectivity index (χ2v) is 2.95. The summed E-state index contributed by atoms with van der Waals surface area (Å²) in [7, 11) is 0. The van der Waals surface area contributed by atoms with E-state index in [1.54, 1.807) is 0 Å². The largest absolute Gasteiger partial charge is 0.447 e. The van der Waals surface area contributed by atoms with Crippen molar-refractivity contribution < 1.29 is 22.7 Å². The Balaban J connectivity index is 2.86. The molecule has 13 heavy (non-hydrogen) atoms. The van der Waals surface area contributed by atoms with Crippen LogP contribution in [-0.4, -0.2) is 17.6 Å². The number of carbonyl (C=O) groups excluding carboxylic acids is 1. The molecular weight excluding hydrogens is 207 g/mol. The van der Waals surface area contributed by atoms with Crippen molar-refractivity contribution in [1.29, 1.82) is 0 Å². The third-order valence-corrected chi connectivity index (χ3v) is 1.98. The SMILES string of the molecule is O=COC(c1nccs1)C(F)(F)F. The molecular formula is C6H4F3NO2S. The Labute approximate surface area is 75.2 Å². The van der Waals surface area contributed by atoms with E-state index in [2.05, 4.69) is 9.72 Å². The van der Waals surface area contributed by atoms with Crippen LogP contribution in [0.3, 0.4) is 0 Å². The molecule has 0 aromatic carbocycles. The second-order valence-electron chi connectivity index (χ2n) is 2.02. The fraction of sp³-hybridized carbons (Fsp3) is 0.333. The van der Waals surface area contributed by atoms with Crippen molar-refractivity contribution in [2.75, 3.05) is 0 Å². The monoisotopic (exact) mass is 211 g/mol. The Morgan fingerprint density at radius 3 is 2.69 bits per heavy atom. The van der Waals surface area contributed by atoms with Gasteiger partial charge in [-0.3, -0.25) is 4.79 Å². The fourth-order valence-electron chi connectivity index (χ4n) is 0.695. The molecule has 1 unspecified atom stereocenters. The Morgan fingerprint density at radius 2 is 2.31 bits per heavy atom. The van der Waals surface area contributed by atoms with Gasteiger partial charge in [0.1, 0.15) is 5.01 Å². The Bertz CT molecular complexity index is 272. The lowest BCUT2D eigenvalue weighted by Gasteiger charge is -2.15. The Kier molecular flexibility index (Phi) is 2.86. The minimum absolute atomic E-state index is 0.237. The van der Waals surface area contributed by atoms with Gasteiger partial charge in [-0.25, -0.2) is 4.98 Å². The lowest BCUT2D eigenvalue weighted by atomic mass is 10.3. The predicted octanol–water partition coefficient (Wildman–Crippen LogP) is 1.92. The third kappa shape index (κ3) is 2.41. The van der Waals surface area contributed by atoms with Gasteiger partial charge in [-0.05, 0) is 0 Å². The van der Waals surface area contributed by atoms with Gasteiger partial charge in [0.25, 0.3) is 6.47 Å². The molecule has 1 heterocycles. The van der Waals surface area contributed by atoms with Crippen LogP contribution < -0.4 is 0 Å². The molecule has 7 heteroatoms. The van der Waals surface area contributed by atoms with E-state index in [0.717, 1.165) is 11.3 Å². The van der Waals surface area contributed by atoms with Crippen molar-refractivity contribution in [2.45, 2.75) is 12.3 Å². The van der Waals surface area contributed by atoms with Crippen LogP contribution >= 0.6 is 11.3 Å². The summed E-state index contributed by atoms with van der Waals surface area (Å²) in [5.74, 6) is 0. The smallest absolute Gasteiger partial charge is 0.432 e. The Morgan fingerprint density at radius 1 is 1.62 bits per heavy atom. The highest BCUT2D eigenvalue weighted by molar-refractivity contribution is 7.09. The number of halogens is 3. The number of aromatic nitrogens is 1. The summed E-state index contributed by atoms with van der Waals surface area (Å²) in [6, 6.07) is 0. The van der Waals surface area contributed by atoms with Gasteiger partial charge in [-0.2, -0.15) is 13.2 Å². The van der Waals surface area contributed by atoms with E-state index in [0.29, 0.717) is 0 Å². The summed E-state index contributed by atoms with van der Waals surface area (Å²) >= 11 is 0.783. The number of alkyl halides is 3. The molecule has 0 aliphatic heterocycles. The van der Waals surface area contributed by atoms with Crippen molar-refractivity contribution >= 4 is 17.8 Å². The van der Waals surface area contributed by atoms with Crippen LogP contribution in [0.4, 0.5) is 13.2 Å². The van der Waals surface area contributed by atoms with Gasteiger partial charge in [-0.15, -0.1) is 11.3 Å². The quantitative estimate of drug-likeness (QED) is 0.717. The zero-order valence-corrected chi connectivity index (χ0v) is 6.93. The van der Waals surface area contributed by atoms with Crippen LogP contribution in [-0.2, 0) is 9.53 Å². The van der Waals surface area contributed by atoms with Crippen molar-refractivity contribution in [3.05, 3.63) is 16.6 Å². The first-order chi connectivity index (χ1) is 6.05. The lowest BCUT2D eigenvalue weighted by molar-refractivity contribution is -0.217. The van der Waals surface area contributed by atoms with E-state index in [-0.39, 0.29) is 11.5 Å². The molecule has 3 nitrogen and oxygen atoms in total. The van der Waals surface area contributed by atoms with Crippen molar-refractivity contribution in [3.8, 4) is 0 Å². The van der Waals surface area contributed by atoms with Gasteiger partial charge in [-0.1, -0.05) is 0 Å². The number of hydrogen-bond acceptors (Lipinski definition) is 4. The maximum absolute atomic E-state index is 12.2. The average Bonchev–Trinajstić information content (AvgIpc) is 2.49. The molecule has 0 spiro atoms. The van der Waals surface area contributed by atoms with Crippen LogP contribution in [0.25, 0.3) is 0 Å². The van der Waals surface area contributed by atoms with Gasteiger partial charge in [0.2, 0.25) is 6.10 Å². The number of ether oxygens (including phenoxy) is 1. The van der Waals surface area contributed by atoms with E-state index < -0.39 is 12.3 Å². The van der Waals surface area contributed by atoms with Crippen LogP contribution in [0.5, 0.6) is 0 Å². The molecule has 1 atom stereocenters. The van der Waals surface area contributed by atoms with E-state index in [9.17, 15) is 18.0 Å². The summed E-state index contributed by atoms with van der Waals surface area (Å²) in [6.45, 7) is -0.237. The van der Waals surface area contributed by atoms with Crippen LogP contribution in [0, 0.1) is 0 Å². The minimum Gasteiger partial charge on any atom is -0.447 e. The molecule has 1 aromatic rings. The third-order valence-electron chi connectivity index (χ3n) is 1.16. The van der Waals surface area contributed by atoms with E-state index in [4.69, 9.17) is 0 Å². The molecule has 0 amide bonds. The molecule has 0 bridgehead atoms. The molecule has 0 aliphatic rings. The maximum Gasteiger partial charge on any atom is 0.432 e. The number of carbonyl (C=O) groups is 1. The topological polar surface area (TPSA) is 39.2 Å². The van der Waals surface area contributed by atoms with Crippen molar-refractivity contribution in [2.24, 2.45) is 0 Å². The molecule has 72 valence electrons. The molecule has 0 saturated carbocycles. The summed E-state index contributed by atoms with van der Waals surface area (Å²) in [5.41, 5.74) is 0. The van der Waals surface area contributed by atoms with Crippen molar-refractivity contribution in [3.63, 3.8) is 0 Å². The summed E-state index contributed by atoms with van der Waals surface area (Å²) in [6.07, 6.45) is -5.64. The average molecular weight is 211 g/mol. The van der Waals surface area contributed by atoms with Crippen molar-refractivity contribution in [1.82, 2.24) is 4.98 Å². The van der Waals surface area contributed by atoms with E-state index >= 15 is 0 Å². The van der Waals surface area contributed by atoms with Gasteiger partial charge in [0.05, 0.1) is 0 Å². The first kappa shape index (κ1) is 9.97. The van der Waals surface area contributed by atoms with Crippen LogP contribution in [0.2, 0.25) is 0 Å². The lowest BCUT2D eigenvalue weighted by Crippen LogP contribution is -2.23. The first-order valence-corrected chi connectivity index (χ1v) is 3.99. The standard InChI is InChI=1S/C6H4F3NO2S/c7-6(8,9)4(12-3-11)5-10-1-2-13-5/h1-4H. The molecule has 1 aromatic heterocycles. The van der Waals surface area contributed by atoms with E-state index in [1.807, 2.05) is 0 Å². The maximum atomic E-state index is 12.2. The zero-order valence-electron chi connectivity index (χ0n) is 6.12. The van der Waals surface area contributed by atoms with E-state index in [1.165, 1.54) is 11.6 Å². The Hall–Kier alpha value is -1.11. The van der Waals surface area contributed by atoms with Crippen LogP contribution in [0.15, 0.2) is 11.6 Å². The van der Waals surface area contributed by atoms with Gasteiger partial charge in [0.15, 0.2) is 0 Å². The highest BCUT2D eigenvalue weighted by Gasteiger charge is 2.44. The second kappa shape index (κ2) is 3.73. The number of hydrogen-bond donors (Lipinski definition) is 0. The van der Waals surface area contributed by atoms with Gasteiger partial charge in [0, 0.05) is 11.6 Å². The number of nitrogens with zero attached hydrogens (tertiary/aromatic N) is 1. The normalized spacial score (nSPS) is 13.8. The predicted molar refractivity (Wildman–Crippen MR) is 38.1 cm³/mol. The zero-order chi connectivity index (χ0) is 9.90. The minimum atomic E-state index is -4.61. The highest BCUT2D eigenvalue weighted by atomic mass is 32.1. The molecule has 0 fully saturated rings. The summed E-state index contributed by atoms with van der Waals surface area (Å²) < 4.78 is 40.4. The van der Waals surface area contributed by atoms with Crippen LogP contribution in [0.1, 0.15) is 11.1 Å². The summed E-state index contributed by atoms with van der Waals surface area (Å²) in [4.78, 5) is 13.2. The molecule has 0 N–H and O–H groups in total. The van der Waals surface area contributed by atoms with Gasteiger partial charge >= 0.3 is 6.18 Å². The van der Waals surface area contributed by atoms with Gasteiger partial charge < -0.3 is 4.74 Å². The molecule has 0 radical (unpaired) electrons. The fourth-order valence-corrected chi connectivity index (χ4v) is 1.39. The first-order valence-electron chi connectivity index (χ1n) is 3.11.